The van der Waals surface area contributed by atoms with Crippen molar-refractivity contribution in [3.63, 3.8) is 0 Å². The molecular formula is C17H16F3N3O2. The number of carbonyl (C=O) groups excluding carboxylic acids is 2. The molecule has 0 saturated carbocycles. The number of benzene rings is 2. The second-order valence-electron chi connectivity index (χ2n) is 5.38. The first-order valence-electron chi connectivity index (χ1n) is 7.31. The molecule has 1 unspecified atom stereocenters. The Hall–Kier alpha value is -3.03. The number of hydrogen-bond acceptors (Lipinski definition) is 2. The van der Waals surface area contributed by atoms with Crippen molar-refractivity contribution in [2.75, 3.05) is 5.32 Å². The number of nitrogens with one attached hydrogen (secondary N) is 2. The van der Waals surface area contributed by atoms with Crippen LogP contribution in [0.15, 0.2) is 48.5 Å². The van der Waals surface area contributed by atoms with Crippen LogP contribution in [0.25, 0.3) is 0 Å². The second-order valence-corrected chi connectivity index (χ2v) is 5.38. The average Bonchev–Trinajstić information content (AvgIpc) is 2.53. The van der Waals surface area contributed by atoms with E-state index in [4.69, 9.17) is 5.73 Å². The Balaban J connectivity index is 2.08. The first-order valence-corrected chi connectivity index (χ1v) is 7.31. The summed E-state index contributed by atoms with van der Waals surface area (Å²) >= 11 is 0. The largest absolute Gasteiger partial charge is 0.416 e. The third kappa shape index (κ3) is 4.97. The van der Waals surface area contributed by atoms with E-state index in [1.807, 2.05) is 0 Å². The highest BCUT2D eigenvalue weighted by Crippen LogP contribution is 2.29. The number of primary amides is 1. The van der Waals surface area contributed by atoms with E-state index >= 15 is 0 Å². The fraction of sp³-hybridized carbons (Fsp3) is 0.176. The number of carbonyl (C=O) groups is 2. The summed E-state index contributed by atoms with van der Waals surface area (Å²) in [5, 5.41) is 5.04. The van der Waals surface area contributed by atoms with Gasteiger partial charge in [0.25, 0.3) is 5.91 Å². The van der Waals surface area contributed by atoms with E-state index in [9.17, 15) is 22.8 Å². The topological polar surface area (TPSA) is 84.2 Å². The maximum absolute atomic E-state index is 12.6. The van der Waals surface area contributed by atoms with Gasteiger partial charge in [-0.15, -0.1) is 0 Å². The highest BCUT2D eigenvalue weighted by atomic mass is 19.4. The van der Waals surface area contributed by atoms with Gasteiger partial charge in [-0.3, -0.25) is 4.79 Å². The van der Waals surface area contributed by atoms with Gasteiger partial charge in [-0.05, 0) is 42.8 Å². The maximum Gasteiger partial charge on any atom is 0.416 e. The molecule has 1 atom stereocenters. The van der Waals surface area contributed by atoms with E-state index in [1.54, 1.807) is 25.1 Å². The maximum atomic E-state index is 12.6. The normalized spacial score (nSPS) is 12.3. The van der Waals surface area contributed by atoms with Crippen LogP contribution in [0.5, 0.6) is 0 Å². The Morgan fingerprint density at radius 3 is 2.28 bits per heavy atom. The quantitative estimate of drug-likeness (QED) is 0.785. The summed E-state index contributed by atoms with van der Waals surface area (Å²) in [4.78, 5) is 23.1. The zero-order valence-corrected chi connectivity index (χ0v) is 13.2. The molecule has 0 bridgehead atoms. The molecule has 3 amide bonds. The molecule has 4 N–H and O–H groups in total. The summed E-state index contributed by atoms with van der Waals surface area (Å²) in [5.74, 6) is -0.430. The molecule has 2 rings (SSSR count). The van der Waals surface area contributed by atoms with Crippen LogP contribution in [-0.2, 0) is 6.18 Å². The van der Waals surface area contributed by atoms with E-state index in [0.717, 1.165) is 12.1 Å². The molecule has 0 spiro atoms. The van der Waals surface area contributed by atoms with Gasteiger partial charge in [-0.25, -0.2) is 4.79 Å². The fourth-order valence-corrected chi connectivity index (χ4v) is 2.20. The number of amides is 3. The molecule has 2 aromatic rings. The van der Waals surface area contributed by atoms with Crippen LogP contribution >= 0.6 is 0 Å². The van der Waals surface area contributed by atoms with Gasteiger partial charge < -0.3 is 16.4 Å². The van der Waals surface area contributed by atoms with Crippen molar-refractivity contribution < 1.29 is 22.8 Å². The third-order valence-corrected chi connectivity index (χ3v) is 3.48. The van der Waals surface area contributed by atoms with Crippen molar-refractivity contribution >= 4 is 17.6 Å². The molecule has 25 heavy (non-hydrogen) atoms. The lowest BCUT2D eigenvalue weighted by Gasteiger charge is -2.16. The van der Waals surface area contributed by atoms with E-state index in [0.29, 0.717) is 11.3 Å². The van der Waals surface area contributed by atoms with Gasteiger partial charge in [0, 0.05) is 11.3 Å². The van der Waals surface area contributed by atoms with E-state index in [-0.39, 0.29) is 5.56 Å². The van der Waals surface area contributed by atoms with E-state index in [1.165, 1.54) is 18.2 Å². The Kier molecular flexibility index (Phi) is 5.31. The third-order valence-electron chi connectivity index (χ3n) is 3.48. The zero-order valence-electron chi connectivity index (χ0n) is 13.2. The molecule has 132 valence electrons. The lowest BCUT2D eigenvalue weighted by Crippen LogP contribution is -2.27. The number of rotatable bonds is 4. The van der Waals surface area contributed by atoms with Crippen LogP contribution in [-0.4, -0.2) is 11.9 Å². The number of nitrogens with two attached hydrogens (primary N) is 1. The minimum absolute atomic E-state index is 0.282. The Bertz CT molecular complexity index is 773. The first kappa shape index (κ1) is 18.3. The minimum atomic E-state index is -4.40. The highest BCUT2D eigenvalue weighted by molar-refractivity contribution is 5.96. The summed E-state index contributed by atoms with van der Waals surface area (Å²) in [5.41, 5.74) is 5.45. The predicted octanol–water partition coefficient (Wildman–Crippen LogP) is 3.69. The van der Waals surface area contributed by atoms with Crippen LogP contribution in [0.2, 0.25) is 0 Å². The van der Waals surface area contributed by atoms with Crippen molar-refractivity contribution in [2.45, 2.75) is 19.1 Å². The Labute approximate surface area is 142 Å². The van der Waals surface area contributed by atoms with E-state index in [2.05, 4.69) is 10.6 Å². The summed E-state index contributed by atoms with van der Waals surface area (Å²) in [6, 6.07) is 9.45. The lowest BCUT2D eigenvalue weighted by molar-refractivity contribution is -0.137. The van der Waals surface area contributed by atoms with Crippen molar-refractivity contribution in [2.24, 2.45) is 5.73 Å². The number of halogens is 3. The van der Waals surface area contributed by atoms with Crippen LogP contribution in [0, 0.1) is 0 Å². The van der Waals surface area contributed by atoms with Crippen molar-refractivity contribution in [1.82, 2.24) is 5.32 Å². The van der Waals surface area contributed by atoms with Gasteiger partial charge in [-0.1, -0.05) is 18.2 Å². The predicted molar refractivity (Wildman–Crippen MR) is 87.0 cm³/mol. The van der Waals surface area contributed by atoms with Crippen molar-refractivity contribution in [3.8, 4) is 0 Å². The number of anilines is 1. The molecule has 0 aromatic heterocycles. The monoisotopic (exact) mass is 351 g/mol. The van der Waals surface area contributed by atoms with Crippen LogP contribution < -0.4 is 16.4 Å². The van der Waals surface area contributed by atoms with Gasteiger partial charge in [0.1, 0.15) is 0 Å². The Morgan fingerprint density at radius 1 is 1.08 bits per heavy atom. The smallest absolute Gasteiger partial charge is 0.351 e. The van der Waals surface area contributed by atoms with Gasteiger partial charge in [0.05, 0.1) is 11.6 Å². The van der Waals surface area contributed by atoms with E-state index < -0.39 is 29.7 Å². The molecule has 2 aromatic carbocycles. The fourth-order valence-electron chi connectivity index (χ4n) is 2.20. The van der Waals surface area contributed by atoms with Gasteiger partial charge in [-0.2, -0.15) is 13.2 Å². The number of urea groups is 1. The van der Waals surface area contributed by atoms with Crippen LogP contribution in [0.1, 0.15) is 34.5 Å². The number of hydrogen-bond donors (Lipinski definition) is 3. The molecule has 0 fully saturated rings. The molecule has 0 aliphatic rings. The summed E-state index contributed by atoms with van der Waals surface area (Å²) in [6.07, 6.45) is -4.40. The van der Waals surface area contributed by atoms with Gasteiger partial charge >= 0.3 is 12.2 Å². The van der Waals surface area contributed by atoms with Crippen LogP contribution in [0.4, 0.5) is 23.7 Å². The zero-order chi connectivity index (χ0) is 18.6. The average molecular weight is 351 g/mol. The first-order chi connectivity index (χ1) is 11.7. The molecule has 0 aliphatic carbocycles. The summed E-state index contributed by atoms with van der Waals surface area (Å²) in [6.45, 7) is 1.66. The SMILES string of the molecule is CC(NC(=O)c1cccc(NC(N)=O)c1)c1ccc(C(F)(F)F)cc1. The minimum Gasteiger partial charge on any atom is -0.351 e. The lowest BCUT2D eigenvalue weighted by atomic mass is 10.1. The summed E-state index contributed by atoms with van der Waals surface area (Å²) in [7, 11) is 0. The Morgan fingerprint density at radius 2 is 1.72 bits per heavy atom. The molecule has 8 heteroatoms. The van der Waals surface area contributed by atoms with Gasteiger partial charge in [0.15, 0.2) is 0 Å². The molecule has 5 nitrogen and oxygen atoms in total. The number of alkyl halides is 3. The molecule has 0 heterocycles. The molecule has 0 aliphatic heterocycles. The molecular weight excluding hydrogens is 335 g/mol. The second kappa shape index (κ2) is 7.25. The summed E-state index contributed by atoms with van der Waals surface area (Å²) < 4.78 is 37.7. The van der Waals surface area contributed by atoms with Gasteiger partial charge in [0.2, 0.25) is 0 Å². The highest BCUT2D eigenvalue weighted by Gasteiger charge is 2.30. The van der Waals surface area contributed by atoms with Crippen LogP contribution in [0.3, 0.4) is 0 Å². The molecule has 0 saturated heterocycles. The standard InChI is InChI=1S/C17H16F3N3O2/c1-10(11-5-7-13(8-6-11)17(18,19)20)22-15(24)12-3-2-4-14(9-12)23-16(21)25/h2-10H,1H3,(H,22,24)(H3,21,23,25). The van der Waals surface area contributed by atoms with Crippen molar-refractivity contribution in [1.29, 1.82) is 0 Å². The molecule has 0 radical (unpaired) electrons. The van der Waals surface area contributed by atoms with Crippen molar-refractivity contribution in [3.05, 3.63) is 65.2 Å².